The van der Waals surface area contributed by atoms with Crippen LogP contribution < -0.4 is 5.32 Å². The molecule has 1 N–H and O–H groups in total. The molecule has 1 amide bonds. The van der Waals surface area contributed by atoms with Gasteiger partial charge < -0.3 is 10.2 Å². The molecule has 2 heterocycles. The third-order valence-corrected chi connectivity index (χ3v) is 4.89. The molecule has 2 fully saturated rings. The number of nitrogens with one attached hydrogen (secondary N) is 1. The summed E-state index contributed by atoms with van der Waals surface area (Å²) in [5.41, 5.74) is 0.923. The van der Waals surface area contributed by atoms with Gasteiger partial charge in [0.15, 0.2) is 0 Å². The van der Waals surface area contributed by atoms with Crippen LogP contribution in [0.1, 0.15) is 12.0 Å². The maximum Gasteiger partial charge on any atom is 0.227 e. The van der Waals surface area contributed by atoms with E-state index in [1.54, 1.807) is 0 Å². The molecular formula is C16H23Cl2N3O. The summed E-state index contributed by atoms with van der Waals surface area (Å²) in [5, 5.41) is 4.09. The van der Waals surface area contributed by atoms with E-state index >= 15 is 0 Å². The highest BCUT2D eigenvalue weighted by Crippen LogP contribution is 2.17. The lowest BCUT2D eigenvalue weighted by Crippen LogP contribution is -2.52. The van der Waals surface area contributed by atoms with Gasteiger partial charge >= 0.3 is 0 Å². The van der Waals surface area contributed by atoms with E-state index in [1.807, 2.05) is 29.2 Å². The van der Waals surface area contributed by atoms with Gasteiger partial charge in [0, 0.05) is 43.8 Å². The summed E-state index contributed by atoms with van der Waals surface area (Å²) >= 11 is 6.13. The predicted molar refractivity (Wildman–Crippen MR) is 91.8 cm³/mol. The molecular weight excluding hydrogens is 321 g/mol. The van der Waals surface area contributed by atoms with Crippen LogP contribution in [0.25, 0.3) is 0 Å². The molecule has 4 nitrogen and oxygen atoms in total. The topological polar surface area (TPSA) is 35.6 Å². The van der Waals surface area contributed by atoms with Crippen molar-refractivity contribution in [1.29, 1.82) is 0 Å². The van der Waals surface area contributed by atoms with Gasteiger partial charge in [-0.15, -0.1) is 12.4 Å². The van der Waals surface area contributed by atoms with Crippen LogP contribution in [0.15, 0.2) is 24.3 Å². The van der Waals surface area contributed by atoms with Crippen LogP contribution in [0.2, 0.25) is 5.02 Å². The standard InChI is InChI=1S/C16H22ClN3O.ClH/c17-15-4-2-1-3-13(15)11-16(21)20-9-7-19(8-10-20)14-5-6-18-12-14;/h1-4,14,18H,5-12H2;1H. The number of rotatable bonds is 3. The molecule has 0 aliphatic carbocycles. The minimum absolute atomic E-state index is 0. The van der Waals surface area contributed by atoms with Crippen molar-refractivity contribution in [3.8, 4) is 0 Å². The SMILES string of the molecule is Cl.O=C(Cc1ccccc1Cl)N1CCN(C2CCNC2)CC1. The van der Waals surface area contributed by atoms with E-state index in [0.717, 1.165) is 44.8 Å². The lowest BCUT2D eigenvalue weighted by molar-refractivity contribution is -0.132. The summed E-state index contributed by atoms with van der Waals surface area (Å²) in [6.07, 6.45) is 1.64. The van der Waals surface area contributed by atoms with Crippen molar-refractivity contribution in [2.75, 3.05) is 39.3 Å². The fraction of sp³-hybridized carbons (Fsp3) is 0.562. The first-order valence-electron chi connectivity index (χ1n) is 7.70. The highest BCUT2D eigenvalue weighted by molar-refractivity contribution is 6.31. The Bertz CT molecular complexity index is 498. The maximum absolute atomic E-state index is 12.4. The molecule has 1 aromatic carbocycles. The predicted octanol–water partition coefficient (Wildman–Crippen LogP) is 1.81. The van der Waals surface area contributed by atoms with Gasteiger partial charge in [0.05, 0.1) is 6.42 Å². The van der Waals surface area contributed by atoms with Gasteiger partial charge in [0.1, 0.15) is 0 Å². The Balaban J connectivity index is 0.00000176. The molecule has 3 rings (SSSR count). The van der Waals surface area contributed by atoms with Crippen molar-refractivity contribution in [3.05, 3.63) is 34.9 Å². The van der Waals surface area contributed by atoms with Crippen LogP contribution in [-0.2, 0) is 11.2 Å². The van der Waals surface area contributed by atoms with Crippen molar-refractivity contribution in [2.24, 2.45) is 0 Å². The Morgan fingerprint density at radius 2 is 1.95 bits per heavy atom. The summed E-state index contributed by atoms with van der Waals surface area (Å²) in [6, 6.07) is 8.26. The van der Waals surface area contributed by atoms with Gasteiger partial charge in [-0.1, -0.05) is 29.8 Å². The number of piperazine rings is 1. The van der Waals surface area contributed by atoms with Crippen LogP contribution >= 0.6 is 24.0 Å². The number of carbonyl (C=O) groups excluding carboxylic acids is 1. The molecule has 2 saturated heterocycles. The smallest absolute Gasteiger partial charge is 0.227 e. The van der Waals surface area contributed by atoms with Gasteiger partial charge in [-0.3, -0.25) is 9.69 Å². The Kier molecular flexibility index (Phi) is 6.50. The summed E-state index contributed by atoms with van der Waals surface area (Å²) in [4.78, 5) is 16.9. The minimum atomic E-state index is 0. The Labute approximate surface area is 143 Å². The van der Waals surface area contributed by atoms with Crippen LogP contribution in [-0.4, -0.2) is 61.0 Å². The highest BCUT2D eigenvalue weighted by Gasteiger charge is 2.27. The zero-order valence-corrected chi connectivity index (χ0v) is 14.2. The Hall–Kier alpha value is -0.810. The van der Waals surface area contributed by atoms with Crippen LogP contribution in [0, 0.1) is 0 Å². The van der Waals surface area contributed by atoms with Crippen LogP contribution in [0.5, 0.6) is 0 Å². The Morgan fingerprint density at radius 1 is 1.23 bits per heavy atom. The lowest BCUT2D eigenvalue weighted by atomic mass is 10.1. The average molecular weight is 344 g/mol. The molecule has 0 bridgehead atoms. The normalized spacial score (nSPS) is 22.4. The van der Waals surface area contributed by atoms with E-state index in [9.17, 15) is 4.79 Å². The second-order valence-corrected chi connectivity index (χ2v) is 6.24. The van der Waals surface area contributed by atoms with Crippen molar-refractivity contribution in [3.63, 3.8) is 0 Å². The zero-order valence-electron chi connectivity index (χ0n) is 12.6. The molecule has 122 valence electrons. The monoisotopic (exact) mass is 343 g/mol. The molecule has 2 aliphatic heterocycles. The molecule has 2 aliphatic rings. The number of carbonyl (C=O) groups is 1. The molecule has 0 spiro atoms. The second kappa shape index (κ2) is 8.16. The van der Waals surface area contributed by atoms with Crippen molar-refractivity contribution < 1.29 is 4.79 Å². The fourth-order valence-electron chi connectivity index (χ4n) is 3.20. The van der Waals surface area contributed by atoms with Crippen molar-refractivity contribution in [1.82, 2.24) is 15.1 Å². The molecule has 0 aromatic heterocycles. The first kappa shape index (κ1) is 17.5. The van der Waals surface area contributed by atoms with Gasteiger partial charge in [0.2, 0.25) is 5.91 Å². The third-order valence-electron chi connectivity index (χ3n) is 4.52. The number of nitrogens with zero attached hydrogens (tertiary/aromatic N) is 2. The average Bonchev–Trinajstić information content (AvgIpc) is 3.04. The number of benzene rings is 1. The highest BCUT2D eigenvalue weighted by atomic mass is 35.5. The molecule has 0 radical (unpaired) electrons. The van der Waals surface area contributed by atoms with E-state index in [4.69, 9.17) is 11.6 Å². The number of hydrogen-bond acceptors (Lipinski definition) is 3. The molecule has 1 aromatic rings. The molecule has 0 saturated carbocycles. The summed E-state index contributed by atoms with van der Waals surface area (Å²) < 4.78 is 0. The maximum atomic E-state index is 12.4. The van der Waals surface area contributed by atoms with E-state index < -0.39 is 0 Å². The summed E-state index contributed by atoms with van der Waals surface area (Å²) in [5.74, 6) is 0.187. The molecule has 22 heavy (non-hydrogen) atoms. The third kappa shape index (κ3) is 4.13. The zero-order chi connectivity index (χ0) is 14.7. The molecule has 1 unspecified atom stereocenters. The molecule has 1 atom stereocenters. The van der Waals surface area contributed by atoms with E-state index in [1.165, 1.54) is 6.42 Å². The largest absolute Gasteiger partial charge is 0.340 e. The van der Waals surface area contributed by atoms with Gasteiger partial charge in [0.25, 0.3) is 0 Å². The number of hydrogen-bond donors (Lipinski definition) is 1. The van der Waals surface area contributed by atoms with Crippen LogP contribution in [0.3, 0.4) is 0 Å². The first-order chi connectivity index (χ1) is 10.2. The quantitative estimate of drug-likeness (QED) is 0.909. The van der Waals surface area contributed by atoms with Crippen molar-refractivity contribution in [2.45, 2.75) is 18.9 Å². The summed E-state index contributed by atoms with van der Waals surface area (Å²) in [6.45, 7) is 5.85. The second-order valence-electron chi connectivity index (χ2n) is 5.83. The fourth-order valence-corrected chi connectivity index (χ4v) is 3.41. The van der Waals surface area contributed by atoms with Crippen LogP contribution in [0.4, 0.5) is 0 Å². The Morgan fingerprint density at radius 3 is 2.59 bits per heavy atom. The van der Waals surface area contributed by atoms with E-state index in [0.29, 0.717) is 17.5 Å². The molecule has 6 heteroatoms. The summed E-state index contributed by atoms with van der Waals surface area (Å²) in [7, 11) is 0. The van der Waals surface area contributed by atoms with Gasteiger partial charge in [-0.2, -0.15) is 0 Å². The van der Waals surface area contributed by atoms with Crippen molar-refractivity contribution >= 4 is 29.9 Å². The number of amides is 1. The minimum Gasteiger partial charge on any atom is -0.340 e. The lowest BCUT2D eigenvalue weighted by Gasteiger charge is -2.37. The van der Waals surface area contributed by atoms with Gasteiger partial charge in [-0.05, 0) is 24.6 Å². The van der Waals surface area contributed by atoms with E-state index in [2.05, 4.69) is 10.2 Å². The first-order valence-corrected chi connectivity index (χ1v) is 8.08. The van der Waals surface area contributed by atoms with Gasteiger partial charge in [-0.25, -0.2) is 0 Å². The van der Waals surface area contributed by atoms with E-state index in [-0.39, 0.29) is 18.3 Å². The number of halogens is 2.